The van der Waals surface area contributed by atoms with Gasteiger partial charge in [0.2, 0.25) is 5.91 Å². The lowest BCUT2D eigenvalue weighted by atomic mass is 10.0. The SMILES string of the molecule is Cc1cc(C)c(NC(=O)[C@@H](C)N[C@@H](C)c2ccco2)c(C)c1. The van der Waals surface area contributed by atoms with Crippen LogP contribution in [0.5, 0.6) is 0 Å². The van der Waals surface area contributed by atoms with E-state index in [1.54, 1.807) is 6.26 Å². The van der Waals surface area contributed by atoms with Gasteiger partial charge in [0.25, 0.3) is 0 Å². The van der Waals surface area contributed by atoms with Gasteiger partial charge in [-0.3, -0.25) is 10.1 Å². The Balaban J connectivity index is 2.03. The van der Waals surface area contributed by atoms with E-state index in [0.717, 1.165) is 22.6 Å². The third-order valence-corrected chi connectivity index (χ3v) is 3.79. The van der Waals surface area contributed by atoms with Gasteiger partial charge in [0.1, 0.15) is 5.76 Å². The first kappa shape index (κ1) is 16.3. The zero-order chi connectivity index (χ0) is 16.3. The maximum atomic E-state index is 12.4. The molecule has 1 aromatic heterocycles. The molecule has 118 valence electrons. The first-order valence-corrected chi connectivity index (χ1v) is 7.56. The monoisotopic (exact) mass is 300 g/mol. The van der Waals surface area contributed by atoms with E-state index in [-0.39, 0.29) is 18.0 Å². The highest BCUT2D eigenvalue weighted by Gasteiger charge is 2.19. The standard InChI is InChI=1S/C18H24N2O2/c1-11-9-12(2)17(13(3)10-11)20-18(21)15(5)19-14(4)16-7-6-8-22-16/h6-10,14-15,19H,1-5H3,(H,20,21)/t14-,15+/m0/s1. The molecule has 0 aliphatic carbocycles. The van der Waals surface area contributed by atoms with Crippen molar-refractivity contribution in [1.29, 1.82) is 0 Å². The van der Waals surface area contributed by atoms with E-state index >= 15 is 0 Å². The van der Waals surface area contributed by atoms with Crippen molar-refractivity contribution < 1.29 is 9.21 Å². The first-order chi connectivity index (χ1) is 10.4. The predicted octanol–water partition coefficient (Wildman–Crippen LogP) is 3.88. The molecule has 0 fully saturated rings. The van der Waals surface area contributed by atoms with E-state index in [1.807, 2.05) is 39.8 Å². The summed E-state index contributed by atoms with van der Waals surface area (Å²) in [5.74, 6) is 0.774. The molecule has 0 bridgehead atoms. The molecule has 0 aliphatic heterocycles. The van der Waals surface area contributed by atoms with Crippen molar-refractivity contribution in [3.63, 3.8) is 0 Å². The number of furan rings is 1. The molecular formula is C18H24N2O2. The number of hydrogen-bond acceptors (Lipinski definition) is 3. The second-order valence-electron chi connectivity index (χ2n) is 5.89. The summed E-state index contributed by atoms with van der Waals surface area (Å²) in [6.07, 6.45) is 1.64. The van der Waals surface area contributed by atoms with Gasteiger partial charge in [-0.25, -0.2) is 0 Å². The van der Waals surface area contributed by atoms with Crippen molar-refractivity contribution in [2.24, 2.45) is 0 Å². The smallest absolute Gasteiger partial charge is 0.241 e. The molecule has 2 rings (SSSR count). The number of aryl methyl sites for hydroxylation is 3. The summed E-state index contributed by atoms with van der Waals surface area (Å²) in [5, 5.41) is 6.27. The van der Waals surface area contributed by atoms with E-state index in [2.05, 4.69) is 29.7 Å². The summed E-state index contributed by atoms with van der Waals surface area (Å²) in [6.45, 7) is 9.91. The molecule has 1 aromatic carbocycles. The number of amides is 1. The molecule has 0 aliphatic rings. The van der Waals surface area contributed by atoms with Crippen molar-refractivity contribution >= 4 is 11.6 Å². The van der Waals surface area contributed by atoms with Gasteiger partial charge in [-0.2, -0.15) is 0 Å². The number of rotatable bonds is 5. The lowest BCUT2D eigenvalue weighted by Gasteiger charge is -2.20. The van der Waals surface area contributed by atoms with Crippen molar-refractivity contribution in [2.75, 3.05) is 5.32 Å². The van der Waals surface area contributed by atoms with Crippen LogP contribution in [0.25, 0.3) is 0 Å². The number of carbonyl (C=O) groups is 1. The van der Waals surface area contributed by atoms with Crippen molar-refractivity contribution in [2.45, 2.75) is 46.7 Å². The maximum absolute atomic E-state index is 12.4. The van der Waals surface area contributed by atoms with E-state index in [9.17, 15) is 4.79 Å². The minimum Gasteiger partial charge on any atom is -0.468 e. The summed E-state index contributed by atoms with van der Waals surface area (Å²) >= 11 is 0. The highest BCUT2D eigenvalue weighted by Crippen LogP contribution is 2.22. The Morgan fingerprint density at radius 1 is 1.14 bits per heavy atom. The summed E-state index contributed by atoms with van der Waals surface area (Å²) in [4.78, 5) is 12.4. The van der Waals surface area contributed by atoms with Gasteiger partial charge < -0.3 is 9.73 Å². The van der Waals surface area contributed by atoms with Crippen LogP contribution in [0.1, 0.15) is 42.3 Å². The Hall–Kier alpha value is -2.07. The highest BCUT2D eigenvalue weighted by atomic mass is 16.3. The fourth-order valence-corrected chi connectivity index (χ4v) is 2.68. The topological polar surface area (TPSA) is 54.3 Å². The molecule has 0 saturated heterocycles. The summed E-state index contributed by atoms with van der Waals surface area (Å²) in [6, 6.07) is 7.56. The van der Waals surface area contributed by atoms with Crippen LogP contribution in [-0.4, -0.2) is 11.9 Å². The quantitative estimate of drug-likeness (QED) is 0.881. The molecule has 4 nitrogen and oxygen atoms in total. The molecule has 0 saturated carbocycles. The average molecular weight is 300 g/mol. The molecular weight excluding hydrogens is 276 g/mol. The first-order valence-electron chi connectivity index (χ1n) is 7.56. The second kappa shape index (κ2) is 6.79. The van der Waals surface area contributed by atoms with Crippen LogP contribution in [0.15, 0.2) is 34.9 Å². The largest absolute Gasteiger partial charge is 0.468 e. The van der Waals surface area contributed by atoms with Crippen LogP contribution in [0, 0.1) is 20.8 Å². The van der Waals surface area contributed by atoms with E-state index in [0.29, 0.717) is 0 Å². The minimum absolute atomic E-state index is 0.0176. The van der Waals surface area contributed by atoms with Crippen LogP contribution in [0.3, 0.4) is 0 Å². The second-order valence-corrected chi connectivity index (χ2v) is 5.89. The van der Waals surface area contributed by atoms with E-state index in [1.165, 1.54) is 5.56 Å². The lowest BCUT2D eigenvalue weighted by Crippen LogP contribution is -2.39. The van der Waals surface area contributed by atoms with Crippen LogP contribution in [-0.2, 0) is 4.79 Å². The lowest BCUT2D eigenvalue weighted by molar-refractivity contribution is -0.118. The third-order valence-electron chi connectivity index (χ3n) is 3.79. The molecule has 0 unspecified atom stereocenters. The van der Waals surface area contributed by atoms with Crippen LogP contribution in [0.2, 0.25) is 0 Å². The summed E-state index contributed by atoms with van der Waals surface area (Å²) in [5.41, 5.74) is 4.26. The summed E-state index contributed by atoms with van der Waals surface area (Å²) in [7, 11) is 0. The molecule has 1 amide bonds. The minimum atomic E-state index is -0.319. The molecule has 2 N–H and O–H groups in total. The number of hydrogen-bond donors (Lipinski definition) is 2. The maximum Gasteiger partial charge on any atom is 0.241 e. The van der Waals surface area contributed by atoms with Gasteiger partial charge in [0, 0.05) is 5.69 Å². The zero-order valence-electron chi connectivity index (χ0n) is 13.9. The molecule has 2 aromatic rings. The number of nitrogens with one attached hydrogen (secondary N) is 2. The number of benzene rings is 1. The van der Waals surface area contributed by atoms with Gasteiger partial charge in [0.15, 0.2) is 0 Å². The number of anilines is 1. The van der Waals surface area contributed by atoms with Gasteiger partial charge in [0.05, 0.1) is 18.3 Å². The molecule has 4 heteroatoms. The zero-order valence-corrected chi connectivity index (χ0v) is 13.9. The summed E-state index contributed by atoms with van der Waals surface area (Å²) < 4.78 is 5.35. The molecule has 2 atom stereocenters. The van der Waals surface area contributed by atoms with Gasteiger partial charge in [-0.15, -0.1) is 0 Å². The normalized spacial score (nSPS) is 13.7. The Morgan fingerprint density at radius 3 is 2.32 bits per heavy atom. The van der Waals surface area contributed by atoms with Crippen molar-refractivity contribution in [1.82, 2.24) is 5.32 Å². The molecule has 22 heavy (non-hydrogen) atoms. The fourth-order valence-electron chi connectivity index (χ4n) is 2.68. The highest BCUT2D eigenvalue weighted by molar-refractivity contribution is 5.96. The van der Waals surface area contributed by atoms with Crippen LogP contribution >= 0.6 is 0 Å². The van der Waals surface area contributed by atoms with Gasteiger partial charge in [-0.1, -0.05) is 17.7 Å². The van der Waals surface area contributed by atoms with Gasteiger partial charge >= 0.3 is 0 Å². The van der Waals surface area contributed by atoms with E-state index in [4.69, 9.17) is 4.42 Å². The fraction of sp³-hybridized carbons (Fsp3) is 0.389. The third kappa shape index (κ3) is 3.77. The molecule has 0 spiro atoms. The number of carbonyl (C=O) groups excluding carboxylic acids is 1. The van der Waals surface area contributed by atoms with E-state index < -0.39 is 0 Å². The van der Waals surface area contributed by atoms with Gasteiger partial charge in [-0.05, 0) is 57.9 Å². The molecule has 0 radical (unpaired) electrons. The average Bonchev–Trinajstić information content (AvgIpc) is 2.96. The van der Waals surface area contributed by atoms with Crippen molar-refractivity contribution in [3.8, 4) is 0 Å². The Bertz CT molecular complexity index is 624. The van der Waals surface area contributed by atoms with Crippen LogP contribution in [0.4, 0.5) is 5.69 Å². The molecule has 1 heterocycles. The van der Waals surface area contributed by atoms with Crippen LogP contribution < -0.4 is 10.6 Å². The Morgan fingerprint density at radius 2 is 1.77 bits per heavy atom. The Labute approximate surface area is 131 Å². The van der Waals surface area contributed by atoms with Crippen molar-refractivity contribution in [3.05, 3.63) is 53.0 Å². The predicted molar refractivity (Wildman–Crippen MR) is 89.0 cm³/mol. The Kier molecular flexibility index (Phi) is 5.03.